The van der Waals surface area contributed by atoms with Gasteiger partial charge in [0.05, 0.1) is 6.61 Å². The summed E-state index contributed by atoms with van der Waals surface area (Å²) in [5.41, 5.74) is 1.30. The summed E-state index contributed by atoms with van der Waals surface area (Å²) in [5, 5.41) is 2.62. The lowest BCUT2D eigenvalue weighted by atomic mass is 10.2. The predicted octanol–water partition coefficient (Wildman–Crippen LogP) is 1.54. The van der Waals surface area contributed by atoms with Gasteiger partial charge in [0.2, 0.25) is 5.91 Å². The summed E-state index contributed by atoms with van der Waals surface area (Å²) in [6.07, 6.45) is 0. The third kappa shape index (κ3) is 1.67. The van der Waals surface area contributed by atoms with E-state index < -0.39 is 0 Å². The van der Waals surface area contributed by atoms with Crippen molar-refractivity contribution in [2.75, 3.05) is 11.9 Å². The molecule has 0 bridgehead atoms. The molecule has 0 unspecified atom stereocenters. The number of fused-ring (bicyclic) bond motifs is 1. The van der Waals surface area contributed by atoms with Gasteiger partial charge in [-0.15, -0.1) is 0 Å². The van der Waals surface area contributed by atoms with Crippen LogP contribution >= 0.6 is 0 Å². The molecule has 1 amide bonds. The van der Waals surface area contributed by atoms with Gasteiger partial charge in [0.1, 0.15) is 12.4 Å². The third-order valence-corrected chi connectivity index (χ3v) is 1.83. The second kappa shape index (κ2) is 3.14. The van der Waals surface area contributed by atoms with Crippen LogP contribution in [-0.4, -0.2) is 12.5 Å². The Morgan fingerprint density at radius 2 is 2.31 bits per heavy atom. The van der Waals surface area contributed by atoms with Crippen molar-refractivity contribution < 1.29 is 15.3 Å². The molecule has 1 N–H and O–H groups in total. The number of hydrogen-bond donors (Lipinski definition) is 1. The van der Waals surface area contributed by atoms with Crippen molar-refractivity contribution in [3.8, 4) is 0 Å². The largest absolute Gasteiger partial charge is 0.367 e. The van der Waals surface area contributed by atoms with Gasteiger partial charge < -0.3 is 10.1 Å². The van der Waals surface area contributed by atoms with E-state index in [0.29, 0.717) is 11.3 Å². The van der Waals surface area contributed by atoms with Crippen molar-refractivity contribution in [1.82, 2.24) is 0 Å². The van der Waals surface area contributed by atoms with Crippen molar-refractivity contribution in [1.29, 1.82) is 0 Å². The van der Waals surface area contributed by atoms with Gasteiger partial charge in [-0.05, 0) is 18.2 Å². The fourth-order valence-corrected chi connectivity index (χ4v) is 1.24. The lowest BCUT2D eigenvalue weighted by Gasteiger charge is -2.04. The third-order valence-electron chi connectivity index (χ3n) is 1.83. The fourth-order valence-electron chi connectivity index (χ4n) is 1.24. The zero-order valence-electron chi connectivity index (χ0n) is 6.84. The molecule has 2 rings (SSSR count). The minimum Gasteiger partial charge on any atom is -0.367 e. The number of hydrogen-bond acceptors (Lipinski definition) is 2. The Balaban J connectivity index is 0.000000980. The maximum atomic E-state index is 12.8. The molecule has 70 valence electrons. The van der Waals surface area contributed by atoms with Crippen molar-refractivity contribution in [2.24, 2.45) is 0 Å². The number of carbonyl (C=O) groups excluding carboxylic acids is 1. The molecule has 0 fully saturated rings. The molecule has 0 aromatic heterocycles. The summed E-state index contributed by atoms with van der Waals surface area (Å²) >= 11 is 0. The van der Waals surface area contributed by atoms with E-state index in [0.717, 1.165) is 0 Å². The highest BCUT2D eigenvalue weighted by molar-refractivity contribution is 5.92. The molecule has 1 heterocycles. The van der Waals surface area contributed by atoms with Gasteiger partial charge in [-0.2, -0.15) is 0 Å². The van der Waals surface area contributed by atoms with Crippen LogP contribution in [0.2, 0.25) is 0 Å². The van der Waals surface area contributed by atoms with Gasteiger partial charge in [0, 0.05) is 12.7 Å². The molecule has 0 atom stereocenters. The lowest BCUT2D eigenvalue weighted by molar-refractivity contribution is -0.120. The average Bonchev–Trinajstić information content (AvgIpc) is 2.25. The summed E-state index contributed by atoms with van der Waals surface area (Å²) in [4.78, 5) is 11.0. The molecular weight excluding hydrogens is 173 g/mol. The quantitative estimate of drug-likeness (QED) is 0.662. The van der Waals surface area contributed by atoms with Gasteiger partial charge in [0.15, 0.2) is 0 Å². The van der Waals surface area contributed by atoms with Crippen molar-refractivity contribution in [2.45, 2.75) is 6.61 Å². The van der Waals surface area contributed by atoms with E-state index in [1.54, 1.807) is 0 Å². The first-order valence-electron chi connectivity index (χ1n) is 3.92. The number of anilines is 1. The van der Waals surface area contributed by atoms with Crippen LogP contribution < -0.4 is 5.32 Å². The Labute approximate surface area is 76.0 Å². The summed E-state index contributed by atoms with van der Waals surface area (Å²) < 4.78 is 17.8. The van der Waals surface area contributed by atoms with Crippen LogP contribution in [-0.2, 0) is 16.1 Å². The van der Waals surface area contributed by atoms with E-state index in [9.17, 15) is 9.18 Å². The van der Waals surface area contributed by atoms with E-state index in [1.807, 2.05) is 0 Å². The van der Waals surface area contributed by atoms with E-state index in [4.69, 9.17) is 4.74 Å². The Kier molecular flexibility index (Phi) is 1.98. The first-order valence-corrected chi connectivity index (χ1v) is 3.92. The zero-order valence-corrected chi connectivity index (χ0v) is 6.84. The van der Waals surface area contributed by atoms with Gasteiger partial charge in [-0.1, -0.05) is 0 Å². The average molecular weight is 183 g/mol. The monoisotopic (exact) mass is 183 g/mol. The Morgan fingerprint density at radius 3 is 3.15 bits per heavy atom. The molecule has 1 aliphatic heterocycles. The highest BCUT2D eigenvalue weighted by Gasteiger charge is 2.12. The lowest BCUT2D eigenvalue weighted by Crippen LogP contribution is -2.14. The van der Waals surface area contributed by atoms with E-state index in [2.05, 4.69) is 5.32 Å². The second-order valence-electron chi connectivity index (χ2n) is 2.84. The summed E-state index contributed by atoms with van der Waals surface area (Å²) in [7, 11) is 0. The molecule has 0 saturated carbocycles. The molecule has 1 aromatic rings. The molecule has 0 saturated heterocycles. The van der Waals surface area contributed by atoms with Crippen molar-refractivity contribution >= 4 is 11.6 Å². The topological polar surface area (TPSA) is 38.3 Å². The van der Waals surface area contributed by atoms with Crippen LogP contribution in [0.5, 0.6) is 0 Å². The molecule has 0 radical (unpaired) electrons. The van der Waals surface area contributed by atoms with Crippen LogP contribution in [0.1, 0.15) is 6.99 Å². The minimum absolute atomic E-state index is 0. The predicted molar refractivity (Wildman–Crippen MR) is 46.8 cm³/mol. The fraction of sp³-hybridized carbons (Fsp3) is 0.222. The number of carbonyl (C=O) groups is 1. The van der Waals surface area contributed by atoms with Gasteiger partial charge in [0.25, 0.3) is 0 Å². The molecule has 3 nitrogen and oxygen atoms in total. The Morgan fingerprint density at radius 1 is 1.46 bits per heavy atom. The summed E-state index contributed by atoms with van der Waals surface area (Å²) in [6.45, 7) is 0.294. The van der Waals surface area contributed by atoms with Crippen LogP contribution in [0.4, 0.5) is 10.1 Å². The highest BCUT2D eigenvalue weighted by Crippen LogP contribution is 2.19. The van der Waals surface area contributed by atoms with E-state index >= 15 is 0 Å². The molecule has 4 heteroatoms. The van der Waals surface area contributed by atoms with Crippen molar-refractivity contribution in [3.63, 3.8) is 0 Å². The maximum absolute atomic E-state index is 12.8. The first kappa shape index (κ1) is 8.19. The van der Waals surface area contributed by atoms with Crippen LogP contribution in [0.3, 0.4) is 0 Å². The molecular formula is C9H10FNO2. The Hall–Kier alpha value is -1.42. The number of benzene rings is 1. The molecule has 0 aliphatic carbocycles. The summed E-state index contributed by atoms with van der Waals surface area (Å²) in [6, 6.07) is 4.21. The number of amides is 1. The van der Waals surface area contributed by atoms with Crippen LogP contribution in [0.25, 0.3) is 0 Å². The van der Waals surface area contributed by atoms with Crippen LogP contribution in [0.15, 0.2) is 18.2 Å². The Bertz CT molecular complexity index is 357. The number of rotatable bonds is 0. The normalized spacial score (nSPS) is 15.9. The maximum Gasteiger partial charge on any atom is 0.250 e. The van der Waals surface area contributed by atoms with Gasteiger partial charge in [-0.3, -0.25) is 4.79 Å². The van der Waals surface area contributed by atoms with Crippen LogP contribution in [0, 0.1) is 5.82 Å². The SMILES string of the molecule is O=C1COCc2cc(F)ccc2N1.[HH]. The van der Waals surface area contributed by atoms with E-state index in [-0.39, 0.29) is 26.4 Å². The second-order valence-corrected chi connectivity index (χ2v) is 2.84. The highest BCUT2D eigenvalue weighted by atomic mass is 19.1. The standard InChI is InChI=1S/C9H8FNO2.H2/c10-7-1-2-8-6(3-7)4-13-5-9(12)11-8;/h1-3H,4-5H2,(H,11,12);1H. The first-order chi connectivity index (χ1) is 6.25. The zero-order chi connectivity index (χ0) is 9.26. The molecule has 0 spiro atoms. The molecule has 1 aliphatic rings. The van der Waals surface area contributed by atoms with E-state index in [1.165, 1.54) is 18.2 Å². The summed E-state index contributed by atoms with van der Waals surface area (Å²) in [5.74, 6) is -0.524. The molecule has 1 aromatic carbocycles. The van der Waals surface area contributed by atoms with Gasteiger partial charge >= 0.3 is 0 Å². The number of nitrogens with one attached hydrogen (secondary N) is 1. The minimum atomic E-state index is -0.321. The smallest absolute Gasteiger partial charge is 0.250 e. The van der Waals surface area contributed by atoms with Crippen molar-refractivity contribution in [3.05, 3.63) is 29.6 Å². The number of halogens is 1. The van der Waals surface area contributed by atoms with Gasteiger partial charge in [-0.25, -0.2) is 4.39 Å². The molecule has 13 heavy (non-hydrogen) atoms. The number of ether oxygens (including phenoxy) is 1.